The molecule has 0 spiro atoms. The third-order valence-corrected chi connectivity index (χ3v) is 5.68. The summed E-state index contributed by atoms with van der Waals surface area (Å²) in [6.07, 6.45) is 3.50. The van der Waals surface area contributed by atoms with Crippen molar-refractivity contribution in [3.05, 3.63) is 60.5 Å². The summed E-state index contributed by atoms with van der Waals surface area (Å²) < 4.78 is 36.2. The Balaban J connectivity index is 1.25. The lowest BCUT2D eigenvalue weighted by atomic mass is 10.2. The maximum atomic E-state index is 14.1. The molecule has 9 nitrogen and oxygen atoms in total. The summed E-state index contributed by atoms with van der Waals surface area (Å²) in [4.78, 5) is 11.0. The van der Waals surface area contributed by atoms with Gasteiger partial charge in [-0.1, -0.05) is 0 Å². The van der Waals surface area contributed by atoms with Gasteiger partial charge in [-0.3, -0.25) is 0 Å². The summed E-state index contributed by atoms with van der Waals surface area (Å²) in [7, 11) is 0. The number of rotatable bonds is 9. The smallest absolute Gasteiger partial charge is 0.225 e. The molecule has 11 heteroatoms. The zero-order valence-corrected chi connectivity index (χ0v) is 18.6. The SMILES string of the molecule is CCN(CCNCCn1ccc2c1nc(N)n1nc(-c3ccco3)nc21)c1ccc(F)cc1F. The zero-order valence-electron chi connectivity index (χ0n) is 18.6. The molecular formula is C23H24F2N8O. The highest BCUT2D eigenvalue weighted by molar-refractivity contribution is 5.91. The molecule has 0 radical (unpaired) electrons. The van der Waals surface area contributed by atoms with Crippen molar-refractivity contribution in [1.82, 2.24) is 29.5 Å². The standard InChI is InChI=1S/C23H24F2N8O/c1-2-31(18-6-5-15(24)14-17(18)25)11-8-27-9-12-32-10-7-16-21(32)29-23(26)33-22(16)28-20(30-33)19-4-3-13-34-19/h3-7,10,13-14,27H,2,8-9,11-12H2,1H3,(H2,26,29). The van der Waals surface area contributed by atoms with Gasteiger partial charge in [-0.05, 0) is 37.3 Å². The van der Waals surface area contributed by atoms with Crippen LogP contribution >= 0.6 is 0 Å². The highest BCUT2D eigenvalue weighted by atomic mass is 19.1. The van der Waals surface area contributed by atoms with Crippen LogP contribution in [0.5, 0.6) is 0 Å². The number of hydrogen-bond donors (Lipinski definition) is 2. The molecule has 0 aliphatic heterocycles. The van der Waals surface area contributed by atoms with E-state index in [4.69, 9.17) is 10.2 Å². The molecule has 3 N–H and O–H groups in total. The van der Waals surface area contributed by atoms with Crippen molar-refractivity contribution in [2.45, 2.75) is 13.5 Å². The van der Waals surface area contributed by atoms with E-state index >= 15 is 0 Å². The fourth-order valence-electron chi connectivity index (χ4n) is 3.98. The Bertz CT molecular complexity index is 1430. The van der Waals surface area contributed by atoms with Crippen LogP contribution < -0.4 is 16.0 Å². The van der Waals surface area contributed by atoms with Crippen LogP contribution in [0, 0.1) is 11.6 Å². The van der Waals surface area contributed by atoms with E-state index in [1.165, 1.54) is 16.6 Å². The number of hydrogen-bond acceptors (Lipinski definition) is 7. The van der Waals surface area contributed by atoms with E-state index in [2.05, 4.69) is 20.4 Å². The molecule has 0 fully saturated rings. The van der Waals surface area contributed by atoms with Crippen molar-refractivity contribution in [2.75, 3.05) is 36.8 Å². The van der Waals surface area contributed by atoms with Gasteiger partial charge in [0.05, 0.1) is 17.3 Å². The number of benzene rings is 1. The van der Waals surface area contributed by atoms with E-state index in [-0.39, 0.29) is 5.95 Å². The molecule has 5 rings (SSSR count). The number of likely N-dealkylation sites (N-methyl/N-ethyl adjacent to an activating group) is 1. The number of nitrogens with two attached hydrogens (primary N) is 1. The lowest BCUT2D eigenvalue weighted by Crippen LogP contribution is -2.33. The van der Waals surface area contributed by atoms with Gasteiger partial charge < -0.3 is 24.9 Å². The minimum Gasteiger partial charge on any atom is -0.461 e. The van der Waals surface area contributed by atoms with Crippen molar-refractivity contribution in [3.8, 4) is 11.6 Å². The van der Waals surface area contributed by atoms with Crippen molar-refractivity contribution >= 4 is 28.3 Å². The average Bonchev–Trinajstić information content (AvgIpc) is 3.56. The van der Waals surface area contributed by atoms with Gasteiger partial charge in [0.15, 0.2) is 11.4 Å². The largest absolute Gasteiger partial charge is 0.461 e. The van der Waals surface area contributed by atoms with Gasteiger partial charge in [0, 0.05) is 45.0 Å². The highest BCUT2D eigenvalue weighted by Crippen LogP contribution is 2.24. The third-order valence-electron chi connectivity index (χ3n) is 5.68. The molecule has 0 amide bonds. The molecule has 0 bridgehead atoms. The molecule has 0 aliphatic carbocycles. The second-order valence-electron chi connectivity index (χ2n) is 7.79. The maximum absolute atomic E-state index is 14.1. The van der Waals surface area contributed by atoms with E-state index in [1.807, 2.05) is 28.7 Å². The first-order chi connectivity index (χ1) is 16.5. The Morgan fingerprint density at radius 2 is 2.00 bits per heavy atom. The first kappa shape index (κ1) is 21.8. The molecular weight excluding hydrogens is 442 g/mol. The van der Waals surface area contributed by atoms with Crippen molar-refractivity contribution in [3.63, 3.8) is 0 Å². The molecule has 1 aromatic carbocycles. The normalized spacial score (nSPS) is 11.6. The molecule has 0 aliphatic rings. The van der Waals surface area contributed by atoms with Crippen LogP contribution in [0.4, 0.5) is 20.4 Å². The van der Waals surface area contributed by atoms with Crippen LogP contribution in [0.3, 0.4) is 0 Å². The van der Waals surface area contributed by atoms with Crippen LogP contribution in [-0.2, 0) is 6.54 Å². The Morgan fingerprint density at radius 3 is 2.76 bits per heavy atom. The molecule has 0 saturated carbocycles. The molecule has 0 atom stereocenters. The monoisotopic (exact) mass is 466 g/mol. The van der Waals surface area contributed by atoms with Gasteiger partial charge in [-0.25, -0.2) is 13.8 Å². The van der Waals surface area contributed by atoms with Crippen LogP contribution in [0.1, 0.15) is 6.92 Å². The number of aromatic nitrogens is 5. The Kier molecular flexibility index (Phi) is 5.84. The summed E-state index contributed by atoms with van der Waals surface area (Å²) in [6.45, 7) is 5.11. The topological polar surface area (TPSA) is 102 Å². The van der Waals surface area contributed by atoms with Crippen LogP contribution in [-0.4, -0.2) is 50.3 Å². The molecule has 4 aromatic heterocycles. The summed E-state index contributed by atoms with van der Waals surface area (Å²) in [5.41, 5.74) is 7.87. The number of nitrogen functional groups attached to an aromatic ring is 1. The minimum atomic E-state index is -0.579. The van der Waals surface area contributed by atoms with Gasteiger partial charge in [-0.2, -0.15) is 9.50 Å². The van der Waals surface area contributed by atoms with Crippen LogP contribution in [0.25, 0.3) is 28.3 Å². The van der Waals surface area contributed by atoms with E-state index in [0.29, 0.717) is 61.3 Å². The molecule has 0 unspecified atom stereocenters. The van der Waals surface area contributed by atoms with Gasteiger partial charge in [0.1, 0.15) is 17.3 Å². The minimum absolute atomic E-state index is 0.237. The fraction of sp³-hybridized carbons (Fsp3) is 0.261. The van der Waals surface area contributed by atoms with E-state index in [9.17, 15) is 8.78 Å². The predicted octanol–water partition coefficient (Wildman–Crippen LogP) is 3.32. The van der Waals surface area contributed by atoms with E-state index in [1.54, 1.807) is 18.4 Å². The summed E-state index contributed by atoms with van der Waals surface area (Å²) in [6, 6.07) is 9.15. The molecule has 0 saturated heterocycles. The van der Waals surface area contributed by atoms with Gasteiger partial charge >= 0.3 is 0 Å². The number of anilines is 2. The summed E-state index contributed by atoms with van der Waals surface area (Å²) >= 11 is 0. The predicted molar refractivity (Wildman–Crippen MR) is 126 cm³/mol. The van der Waals surface area contributed by atoms with Gasteiger partial charge in [0.25, 0.3) is 0 Å². The summed E-state index contributed by atoms with van der Waals surface area (Å²) in [5, 5.41) is 8.61. The highest BCUT2D eigenvalue weighted by Gasteiger charge is 2.16. The average molecular weight is 466 g/mol. The zero-order chi connectivity index (χ0) is 23.7. The van der Waals surface area contributed by atoms with Gasteiger partial charge in [0.2, 0.25) is 11.8 Å². The number of nitrogens with zero attached hydrogens (tertiary/aromatic N) is 6. The van der Waals surface area contributed by atoms with Crippen LogP contribution in [0.2, 0.25) is 0 Å². The Morgan fingerprint density at radius 1 is 1.12 bits per heavy atom. The second kappa shape index (κ2) is 9.10. The van der Waals surface area contributed by atoms with Crippen molar-refractivity contribution in [1.29, 1.82) is 0 Å². The molecule has 34 heavy (non-hydrogen) atoms. The van der Waals surface area contributed by atoms with E-state index < -0.39 is 11.6 Å². The first-order valence-corrected chi connectivity index (χ1v) is 11.0. The third kappa shape index (κ3) is 4.05. The Hall–Kier alpha value is -3.99. The number of nitrogens with one attached hydrogen (secondary N) is 1. The lowest BCUT2D eigenvalue weighted by molar-refractivity contribution is 0.571. The van der Waals surface area contributed by atoms with Crippen LogP contribution in [0.15, 0.2) is 53.3 Å². The molecule has 5 aromatic rings. The van der Waals surface area contributed by atoms with Crippen molar-refractivity contribution in [2.24, 2.45) is 0 Å². The fourth-order valence-corrected chi connectivity index (χ4v) is 3.98. The molecule has 4 heterocycles. The number of furan rings is 1. The van der Waals surface area contributed by atoms with Crippen molar-refractivity contribution < 1.29 is 13.2 Å². The quantitative estimate of drug-likeness (QED) is 0.321. The Labute approximate surface area is 193 Å². The molecule has 176 valence electrons. The van der Waals surface area contributed by atoms with Gasteiger partial charge in [-0.15, -0.1) is 5.10 Å². The number of halogens is 2. The second-order valence-corrected chi connectivity index (χ2v) is 7.79. The lowest BCUT2D eigenvalue weighted by Gasteiger charge is -2.23. The first-order valence-electron chi connectivity index (χ1n) is 11.0. The number of fused-ring (bicyclic) bond motifs is 3. The maximum Gasteiger partial charge on any atom is 0.225 e. The summed E-state index contributed by atoms with van der Waals surface area (Å²) in [5.74, 6) is 0.101. The van der Waals surface area contributed by atoms with E-state index in [0.717, 1.165) is 11.5 Å².